The summed E-state index contributed by atoms with van der Waals surface area (Å²) in [7, 11) is -3.63. The van der Waals surface area contributed by atoms with E-state index in [2.05, 4.69) is 49.6 Å². The van der Waals surface area contributed by atoms with Crippen molar-refractivity contribution in [2.75, 3.05) is 0 Å². The van der Waals surface area contributed by atoms with Gasteiger partial charge in [-0.25, -0.2) is 0 Å². The Morgan fingerprint density at radius 2 is 1.27 bits per heavy atom. The van der Waals surface area contributed by atoms with Gasteiger partial charge in [0.1, 0.15) is 13.8 Å². The van der Waals surface area contributed by atoms with Crippen LogP contribution in [0.1, 0.15) is 5.56 Å². The molecule has 0 aliphatic rings. The van der Waals surface area contributed by atoms with Crippen LogP contribution in [0.2, 0.25) is 39.3 Å². The maximum Gasteiger partial charge on any atom is 0.278 e. The number of benzene rings is 2. The van der Waals surface area contributed by atoms with Gasteiger partial charge in [-0.05, 0) is 31.8 Å². The minimum Gasteiger partial charge on any atom is -0.456 e. The minimum absolute atomic E-state index is 0.696. The highest BCUT2D eigenvalue weighted by Gasteiger charge is 2.30. The lowest BCUT2D eigenvalue weighted by atomic mass is 10.1. The Morgan fingerprint density at radius 3 is 1.77 bits per heavy atom. The SMILES string of the molecule is C[Si](C)(C)ON=C(C(=NOc1ccccc1)c1ccccc1)[Si](C)(C)C. The lowest BCUT2D eigenvalue weighted by Gasteiger charge is -2.23. The number of nitrogens with zero attached hydrogens (tertiary/aromatic N) is 2. The quantitative estimate of drug-likeness (QED) is 0.356. The van der Waals surface area contributed by atoms with Crippen molar-refractivity contribution in [1.82, 2.24) is 0 Å². The van der Waals surface area contributed by atoms with Crippen molar-refractivity contribution in [2.24, 2.45) is 10.3 Å². The summed E-state index contributed by atoms with van der Waals surface area (Å²) in [5.41, 5.74) is 1.72. The van der Waals surface area contributed by atoms with Gasteiger partial charge in [0.05, 0.1) is 5.33 Å². The Hall–Kier alpha value is -2.19. The van der Waals surface area contributed by atoms with Gasteiger partial charge in [0.25, 0.3) is 8.32 Å². The zero-order chi connectivity index (χ0) is 19.2. The lowest BCUT2D eigenvalue weighted by Crippen LogP contribution is -2.41. The standard InChI is InChI=1S/C20H28N2O2Si2/c1-25(2,3)20(22-24-26(4,5)6)19(17-13-9-7-10-14-17)21-23-18-15-11-8-12-16-18/h7-16H,1-6H3. The Labute approximate surface area is 158 Å². The number of hydrogen-bond acceptors (Lipinski definition) is 4. The average Bonchev–Trinajstić information content (AvgIpc) is 2.57. The fraction of sp³-hybridized carbons (Fsp3) is 0.300. The number of para-hydroxylation sites is 1. The molecule has 0 aromatic heterocycles. The first-order valence-corrected chi connectivity index (χ1v) is 15.7. The third-order valence-electron chi connectivity index (χ3n) is 3.38. The number of oxime groups is 2. The van der Waals surface area contributed by atoms with Crippen LogP contribution in [0.25, 0.3) is 0 Å². The van der Waals surface area contributed by atoms with Crippen LogP contribution >= 0.6 is 0 Å². The van der Waals surface area contributed by atoms with Gasteiger partial charge in [0.2, 0.25) is 0 Å². The normalized spacial score (nSPS) is 13.5. The average molecular weight is 385 g/mol. The monoisotopic (exact) mass is 384 g/mol. The fourth-order valence-electron chi connectivity index (χ4n) is 2.13. The molecule has 2 aromatic rings. The van der Waals surface area contributed by atoms with Gasteiger partial charge in [-0.3, -0.25) is 0 Å². The molecule has 6 heteroatoms. The first kappa shape index (κ1) is 20.1. The number of rotatable bonds is 7. The Balaban J connectivity index is 2.49. The predicted octanol–water partition coefficient (Wildman–Crippen LogP) is 5.55. The summed E-state index contributed by atoms with van der Waals surface area (Å²) in [6.45, 7) is 13.1. The van der Waals surface area contributed by atoms with E-state index in [-0.39, 0.29) is 0 Å². The molecule has 0 aliphatic heterocycles. The smallest absolute Gasteiger partial charge is 0.278 e. The first-order valence-electron chi connectivity index (χ1n) is 8.79. The van der Waals surface area contributed by atoms with Gasteiger partial charge in [-0.15, -0.1) is 5.16 Å². The molecule has 0 fully saturated rings. The van der Waals surface area contributed by atoms with Crippen LogP contribution in [0.4, 0.5) is 0 Å². The molecule has 0 spiro atoms. The van der Waals surface area contributed by atoms with Crippen LogP contribution in [0.5, 0.6) is 5.75 Å². The van der Waals surface area contributed by atoms with Gasteiger partial charge in [0.15, 0.2) is 5.75 Å². The van der Waals surface area contributed by atoms with Crippen LogP contribution in [0.3, 0.4) is 0 Å². The molecule has 0 radical (unpaired) electrons. The van der Waals surface area contributed by atoms with Crippen LogP contribution in [0, 0.1) is 0 Å². The molecule has 0 atom stereocenters. The Bertz CT molecular complexity index is 762. The van der Waals surface area contributed by atoms with Gasteiger partial charge in [-0.2, -0.15) is 0 Å². The molecule has 0 amide bonds. The summed E-state index contributed by atoms with van der Waals surface area (Å²) < 4.78 is 5.90. The largest absolute Gasteiger partial charge is 0.456 e. The molecular formula is C20H28N2O2Si2. The van der Waals surface area contributed by atoms with Crippen LogP contribution in [-0.4, -0.2) is 27.4 Å². The minimum atomic E-state index is -1.83. The zero-order valence-corrected chi connectivity index (χ0v) is 18.5. The van der Waals surface area contributed by atoms with Gasteiger partial charge in [0, 0.05) is 5.56 Å². The highest BCUT2D eigenvalue weighted by atomic mass is 28.4. The second-order valence-corrected chi connectivity index (χ2v) is 17.5. The van der Waals surface area contributed by atoms with E-state index >= 15 is 0 Å². The molecule has 0 N–H and O–H groups in total. The molecule has 2 rings (SSSR count). The molecular weight excluding hydrogens is 356 g/mol. The van der Waals surface area contributed by atoms with Crippen molar-refractivity contribution in [3.63, 3.8) is 0 Å². The van der Waals surface area contributed by atoms with E-state index in [1.807, 2.05) is 60.7 Å². The third-order valence-corrected chi connectivity index (χ3v) is 5.77. The van der Waals surface area contributed by atoms with Crippen molar-refractivity contribution in [2.45, 2.75) is 39.3 Å². The van der Waals surface area contributed by atoms with Crippen molar-refractivity contribution in [1.29, 1.82) is 0 Å². The zero-order valence-electron chi connectivity index (χ0n) is 16.5. The molecule has 26 heavy (non-hydrogen) atoms. The highest BCUT2D eigenvalue weighted by Crippen LogP contribution is 2.16. The molecule has 138 valence electrons. The van der Waals surface area contributed by atoms with Crippen LogP contribution in [0.15, 0.2) is 71.0 Å². The predicted molar refractivity (Wildman–Crippen MR) is 115 cm³/mol. The van der Waals surface area contributed by atoms with Crippen molar-refractivity contribution in [3.8, 4) is 5.75 Å². The number of hydrogen-bond donors (Lipinski definition) is 0. The molecule has 0 saturated heterocycles. The lowest BCUT2D eigenvalue weighted by molar-refractivity contribution is 0.334. The first-order chi connectivity index (χ1) is 12.2. The summed E-state index contributed by atoms with van der Waals surface area (Å²) in [4.78, 5) is 5.72. The van der Waals surface area contributed by atoms with Gasteiger partial charge in [-0.1, -0.05) is 73.3 Å². The summed E-state index contributed by atoms with van der Waals surface area (Å²) >= 11 is 0. The third kappa shape index (κ3) is 6.27. The van der Waals surface area contributed by atoms with Crippen molar-refractivity contribution < 1.29 is 9.36 Å². The molecule has 0 unspecified atom stereocenters. The second-order valence-electron chi connectivity index (χ2n) is 8.10. The molecule has 0 heterocycles. The van der Waals surface area contributed by atoms with Crippen molar-refractivity contribution in [3.05, 3.63) is 66.2 Å². The summed E-state index contributed by atoms with van der Waals surface area (Å²) in [6.07, 6.45) is 0. The van der Waals surface area contributed by atoms with E-state index in [4.69, 9.17) is 9.36 Å². The van der Waals surface area contributed by atoms with E-state index < -0.39 is 16.4 Å². The summed E-state index contributed by atoms with van der Waals surface area (Å²) in [6, 6.07) is 19.6. The fourth-order valence-corrected chi connectivity index (χ4v) is 3.80. The maximum atomic E-state index is 5.90. The van der Waals surface area contributed by atoms with E-state index in [1.165, 1.54) is 0 Å². The molecule has 4 nitrogen and oxygen atoms in total. The van der Waals surface area contributed by atoms with E-state index in [0.29, 0.717) is 5.75 Å². The summed E-state index contributed by atoms with van der Waals surface area (Å²) in [5, 5.41) is 9.98. The van der Waals surface area contributed by atoms with E-state index in [0.717, 1.165) is 16.6 Å². The van der Waals surface area contributed by atoms with Crippen molar-refractivity contribution >= 4 is 27.4 Å². The van der Waals surface area contributed by atoms with E-state index in [1.54, 1.807) is 0 Å². The second kappa shape index (κ2) is 8.46. The van der Waals surface area contributed by atoms with Gasteiger partial charge >= 0.3 is 0 Å². The molecule has 0 aliphatic carbocycles. The Kier molecular flexibility index (Phi) is 6.55. The molecule has 0 bridgehead atoms. The topological polar surface area (TPSA) is 43.2 Å². The maximum absolute atomic E-state index is 5.90. The van der Waals surface area contributed by atoms with Gasteiger partial charge < -0.3 is 9.36 Å². The Morgan fingerprint density at radius 1 is 0.731 bits per heavy atom. The van der Waals surface area contributed by atoms with Crippen LogP contribution < -0.4 is 4.84 Å². The summed E-state index contributed by atoms with van der Waals surface area (Å²) in [5.74, 6) is 0.696. The van der Waals surface area contributed by atoms with E-state index in [9.17, 15) is 0 Å². The molecule has 0 saturated carbocycles. The molecule has 2 aromatic carbocycles. The van der Waals surface area contributed by atoms with Crippen LogP contribution in [-0.2, 0) is 4.53 Å². The highest BCUT2D eigenvalue weighted by molar-refractivity contribution is 7.13.